The van der Waals surface area contributed by atoms with E-state index >= 15 is 0 Å². The van der Waals surface area contributed by atoms with Crippen molar-refractivity contribution < 1.29 is 9.59 Å². The first-order chi connectivity index (χ1) is 9.22. The van der Waals surface area contributed by atoms with Gasteiger partial charge in [-0.25, -0.2) is 9.80 Å². The van der Waals surface area contributed by atoms with Crippen molar-refractivity contribution in [3.8, 4) is 0 Å². The Kier molecular flexibility index (Phi) is 4.79. The minimum Gasteiger partial charge on any atom is -0.322 e. The second-order valence-corrected chi connectivity index (χ2v) is 4.93. The maximum atomic E-state index is 12.5. The molecule has 2 aliphatic heterocycles. The van der Waals surface area contributed by atoms with Gasteiger partial charge < -0.3 is 10.6 Å². The van der Waals surface area contributed by atoms with Crippen LogP contribution in [0.3, 0.4) is 0 Å². The van der Waals surface area contributed by atoms with Crippen molar-refractivity contribution in [2.45, 2.75) is 38.6 Å². The first-order valence-electron chi connectivity index (χ1n) is 7.02. The lowest BCUT2D eigenvalue weighted by Crippen LogP contribution is -2.57. The smallest absolute Gasteiger partial charge is 0.319 e. The summed E-state index contributed by atoms with van der Waals surface area (Å²) in [6.07, 6.45) is 7.61. The Labute approximate surface area is 113 Å². The van der Waals surface area contributed by atoms with Crippen molar-refractivity contribution in [2.75, 3.05) is 19.6 Å². The molecule has 1 fully saturated rings. The molecule has 2 rings (SSSR count). The van der Waals surface area contributed by atoms with Crippen molar-refractivity contribution in [2.24, 2.45) is 0 Å². The molecule has 1 saturated heterocycles. The summed E-state index contributed by atoms with van der Waals surface area (Å²) in [5, 5.41) is 9.07. The van der Waals surface area contributed by atoms with Crippen molar-refractivity contribution >= 4 is 11.9 Å². The van der Waals surface area contributed by atoms with Crippen LogP contribution in [0.2, 0.25) is 0 Å². The first-order valence-corrected chi connectivity index (χ1v) is 7.02. The Morgan fingerprint density at radius 3 is 2.79 bits per heavy atom. The van der Waals surface area contributed by atoms with E-state index in [4.69, 9.17) is 0 Å². The number of nitrogens with one attached hydrogen (secondary N) is 2. The highest BCUT2D eigenvalue weighted by molar-refractivity contribution is 5.90. The van der Waals surface area contributed by atoms with E-state index in [0.29, 0.717) is 6.54 Å². The van der Waals surface area contributed by atoms with Crippen LogP contribution < -0.4 is 10.6 Å². The van der Waals surface area contributed by atoms with E-state index in [1.54, 1.807) is 11.1 Å². The maximum Gasteiger partial charge on any atom is 0.319 e. The molecule has 6 heteroatoms. The molecule has 0 aromatic rings. The number of piperidine rings is 1. The van der Waals surface area contributed by atoms with Crippen LogP contribution in [0.15, 0.2) is 12.3 Å². The van der Waals surface area contributed by atoms with Gasteiger partial charge in [-0.05, 0) is 25.3 Å². The highest BCUT2D eigenvalue weighted by Crippen LogP contribution is 2.14. The molecule has 0 aromatic carbocycles. The van der Waals surface area contributed by atoms with Gasteiger partial charge in [0.25, 0.3) is 5.91 Å². The second-order valence-electron chi connectivity index (χ2n) is 4.93. The highest BCUT2D eigenvalue weighted by atomic mass is 16.2. The number of hydrogen-bond acceptors (Lipinski definition) is 3. The number of rotatable bonds is 4. The fourth-order valence-electron chi connectivity index (χ4n) is 2.48. The number of amides is 3. The molecule has 1 atom stereocenters. The van der Waals surface area contributed by atoms with E-state index in [2.05, 4.69) is 22.6 Å². The number of hydrogen-bond donors (Lipinski definition) is 2. The van der Waals surface area contributed by atoms with Gasteiger partial charge in [-0.3, -0.25) is 9.80 Å². The van der Waals surface area contributed by atoms with E-state index < -0.39 is 6.04 Å². The Bertz CT molecular complexity index is 364. The number of nitrogens with zero attached hydrogens (tertiary/aromatic N) is 2. The van der Waals surface area contributed by atoms with Crippen LogP contribution in [0.25, 0.3) is 0 Å². The predicted octanol–water partition coefficient (Wildman–Crippen LogP) is 0.821. The van der Waals surface area contributed by atoms with Gasteiger partial charge in [-0.2, -0.15) is 0 Å². The second kappa shape index (κ2) is 6.56. The van der Waals surface area contributed by atoms with Crippen LogP contribution in [0, 0.1) is 0 Å². The molecule has 2 heterocycles. The van der Waals surface area contributed by atoms with Crippen LogP contribution >= 0.6 is 0 Å². The highest BCUT2D eigenvalue weighted by Gasteiger charge is 2.29. The lowest BCUT2D eigenvalue weighted by molar-refractivity contribution is -0.152. The summed E-state index contributed by atoms with van der Waals surface area (Å²) in [5.41, 5.74) is 0. The first kappa shape index (κ1) is 13.9. The minimum atomic E-state index is -0.553. The van der Waals surface area contributed by atoms with Crippen LogP contribution in [-0.4, -0.2) is 47.6 Å². The minimum absolute atomic E-state index is 0.0464. The van der Waals surface area contributed by atoms with Gasteiger partial charge in [0.2, 0.25) is 0 Å². The Balaban J connectivity index is 2.04. The molecule has 3 amide bonds. The summed E-state index contributed by atoms with van der Waals surface area (Å²) >= 11 is 0. The molecule has 0 spiro atoms. The van der Waals surface area contributed by atoms with Gasteiger partial charge in [-0.15, -0.1) is 0 Å². The van der Waals surface area contributed by atoms with E-state index in [0.717, 1.165) is 32.4 Å². The average Bonchev–Trinajstić information content (AvgIpc) is 2.45. The van der Waals surface area contributed by atoms with Crippen molar-refractivity contribution in [3.05, 3.63) is 12.3 Å². The molecule has 6 nitrogen and oxygen atoms in total. The third kappa shape index (κ3) is 3.47. The van der Waals surface area contributed by atoms with Gasteiger partial charge in [0.1, 0.15) is 6.04 Å². The van der Waals surface area contributed by atoms with Crippen LogP contribution in [0.5, 0.6) is 0 Å². The normalized spacial score (nSPS) is 23.6. The zero-order valence-corrected chi connectivity index (χ0v) is 11.4. The number of carbonyl (C=O) groups excluding carboxylic acids is 2. The maximum absolute atomic E-state index is 12.5. The predicted molar refractivity (Wildman–Crippen MR) is 72.0 cm³/mol. The van der Waals surface area contributed by atoms with E-state index in [1.807, 2.05) is 0 Å². The standard InChI is InChI=1S/C13H22N4O2/c1-2-8-17(16-9-4-3-5-10-16)12(18)11-6-7-14-13(19)15-11/h6-7,11H,2-5,8-10H2,1H3,(H2,14,15,19). The molecular weight excluding hydrogens is 244 g/mol. The third-order valence-electron chi connectivity index (χ3n) is 3.42. The van der Waals surface area contributed by atoms with Gasteiger partial charge in [-0.1, -0.05) is 13.3 Å². The van der Waals surface area contributed by atoms with Crippen LogP contribution in [-0.2, 0) is 4.79 Å². The van der Waals surface area contributed by atoms with Crippen molar-refractivity contribution in [1.29, 1.82) is 0 Å². The van der Waals surface area contributed by atoms with Crippen LogP contribution in [0.1, 0.15) is 32.6 Å². The lowest BCUT2D eigenvalue weighted by Gasteiger charge is -2.39. The molecule has 106 valence electrons. The molecule has 0 bridgehead atoms. The molecular formula is C13H22N4O2. The summed E-state index contributed by atoms with van der Waals surface area (Å²) < 4.78 is 0. The van der Waals surface area contributed by atoms with Crippen molar-refractivity contribution in [3.63, 3.8) is 0 Å². The summed E-state index contributed by atoms with van der Waals surface area (Å²) in [6.45, 7) is 4.61. The zero-order valence-electron chi connectivity index (χ0n) is 11.4. The van der Waals surface area contributed by atoms with E-state index in [1.165, 1.54) is 12.6 Å². The monoisotopic (exact) mass is 266 g/mol. The fourth-order valence-corrected chi connectivity index (χ4v) is 2.48. The molecule has 2 aliphatic rings. The third-order valence-corrected chi connectivity index (χ3v) is 3.42. The largest absolute Gasteiger partial charge is 0.322 e. The van der Waals surface area contributed by atoms with Crippen molar-refractivity contribution in [1.82, 2.24) is 20.7 Å². The summed E-state index contributed by atoms with van der Waals surface area (Å²) in [7, 11) is 0. The molecule has 0 radical (unpaired) electrons. The molecule has 0 saturated carbocycles. The molecule has 2 N–H and O–H groups in total. The Hall–Kier alpha value is -1.56. The molecule has 0 aliphatic carbocycles. The summed E-state index contributed by atoms with van der Waals surface area (Å²) in [4.78, 5) is 23.8. The topological polar surface area (TPSA) is 64.7 Å². The Morgan fingerprint density at radius 2 is 2.16 bits per heavy atom. The fraction of sp³-hybridized carbons (Fsp3) is 0.692. The van der Waals surface area contributed by atoms with Gasteiger partial charge in [0.15, 0.2) is 0 Å². The van der Waals surface area contributed by atoms with Gasteiger partial charge in [0, 0.05) is 25.8 Å². The molecule has 1 unspecified atom stereocenters. The molecule has 0 aromatic heterocycles. The zero-order chi connectivity index (χ0) is 13.7. The Morgan fingerprint density at radius 1 is 1.42 bits per heavy atom. The number of carbonyl (C=O) groups is 2. The molecule has 19 heavy (non-hydrogen) atoms. The van der Waals surface area contributed by atoms with Gasteiger partial charge >= 0.3 is 6.03 Å². The summed E-state index contributed by atoms with van der Waals surface area (Å²) in [6, 6.07) is -0.877. The quantitative estimate of drug-likeness (QED) is 0.792. The average molecular weight is 266 g/mol. The number of hydrazine groups is 1. The lowest BCUT2D eigenvalue weighted by atomic mass is 10.1. The summed E-state index contributed by atoms with van der Waals surface area (Å²) in [5.74, 6) is -0.0464. The van der Waals surface area contributed by atoms with E-state index in [-0.39, 0.29) is 11.9 Å². The number of urea groups is 1. The van der Waals surface area contributed by atoms with Crippen LogP contribution in [0.4, 0.5) is 4.79 Å². The van der Waals surface area contributed by atoms with E-state index in [9.17, 15) is 9.59 Å². The van der Waals surface area contributed by atoms with Gasteiger partial charge in [0.05, 0.1) is 0 Å². The SMILES string of the molecule is CCCN(C(=O)C1C=CNC(=O)N1)N1CCCCC1.